The Labute approximate surface area is 166 Å². The molecule has 0 unspecified atom stereocenters. The summed E-state index contributed by atoms with van der Waals surface area (Å²) in [5, 5.41) is 3.10. The summed E-state index contributed by atoms with van der Waals surface area (Å²) in [6.07, 6.45) is 1.94. The quantitative estimate of drug-likeness (QED) is 0.783. The van der Waals surface area contributed by atoms with Gasteiger partial charge in [-0.3, -0.25) is 9.59 Å². The van der Waals surface area contributed by atoms with Crippen LogP contribution in [-0.2, 0) is 22.4 Å². The summed E-state index contributed by atoms with van der Waals surface area (Å²) in [5.74, 6) is 0.310. The van der Waals surface area contributed by atoms with Crippen LogP contribution in [0.4, 0.5) is 11.4 Å². The molecule has 1 aliphatic heterocycles. The molecular formula is C23H28N2O3. The zero-order valence-electron chi connectivity index (χ0n) is 16.8. The van der Waals surface area contributed by atoms with Crippen LogP contribution in [-0.4, -0.2) is 25.0 Å². The van der Waals surface area contributed by atoms with Gasteiger partial charge in [-0.15, -0.1) is 0 Å². The van der Waals surface area contributed by atoms with Crippen molar-refractivity contribution in [3.05, 3.63) is 53.6 Å². The van der Waals surface area contributed by atoms with E-state index in [1.807, 2.05) is 49.4 Å². The van der Waals surface area contributed by atoms with Crippen LogP contribution < -0.4 is 15.0 Å². The van der Waals surface area contributed by atoms with Gasteiger partial charge in [0, 0.05) is 24.3 Å². The smallest absolute Gasteiger partial charge is 0.229 e. The molecule has 1 N–H and O–H groups in total. The standard InChI is InChI=1S/C23H28N2O3/c1-4-16-8-7-9-17(5-2)22(16)24-23(27)18-14-21(26)25(15-18)19-10-12-20(13-11-19)28-6-3/h7-13,18H,4-6,14-15H2,1-3H3,(H,24,27)/t18-/m0/s1. The van der Waals surface area contributed by atoms with E-state index in [9.17, 15) is 9.59 Å². The van der Waals surface area contributed by atoms with Crippen molar-refractivity contribution in [3.8, 4) is 5.75 Å². The van der Waals surface area contributed by atoms with Crippen molar-refractivity contribution >= 4 is 23.2 Å². The van der Waals surface area contributed by atoms with Gasteiger partial charge in [-0.2, -0.15) is 0 Å². The van der Waals surface area contributed by atoms with E-state index in [2.05, 4.69) is 19.2 Å². The molecule has 0 aromatic heterocycles. The van der Waals surface area contributed by atoms with Crippen LogP contribution in [0.25, 0.3) is 0 Å². The van der Waals surface area contributed by atoms with Gasteiger partial charge >= 0.3 is 0 Å². The molecule has 1 heterocycles. The van der Waals surface area contributed by atoms with E-state index >= 15 is 0 Å². The number of hydrogen-bond acceptors (Lipinski definition) is 3. The number of aryl methyl sites for hydroxylation is 2. The van der Waals surface area contributed by atoms with Crippen LogP contribution in [0.1, 0.15) is 38.3 Å². The molecule has 5 heteroatoms. The van der Waals surface area contributed by atoms with Gasteiger partial charge in [0.05, 0.1) is 12.5 Å². The van der Waals surface area contributed by atoms with E-state index in [-0.39, 0.29) is 24.2 Å². The van der Waals surface area contributed by atoms with Crippen molar-refractivity contribution in [2.24, 2.45) is 5.92 Å². The molecule has 0 aliphatic carbocycles. The molecule has 1 aliphatic rings. The number of amides is 2. The predicted octanol–water partition coefficient (Wildman–Crippen LogP) is 4.20. The van der Waals surface area contributed by atoms with Gasteiger partial charge in [0.15, 0.2) is 0 Å². The fourth-order valence-corrected chi connectivity index (χ4v) is 3.65. The summed E-state index contributed by atoms with van der Waals surface area (Å²) >= 11 is 0. The molecule has 28 heavy (non-hydrogen) atoms. The first kappa shape index (κ1) is 19.9. The Morgan fingerprint density at radius 3 is 2.29 bits per heavy atom. The Balaban J connectivity index is 1.72. The summed E-state index contributed by atoms with van der Waals surface area (Å²) in [6.45, 7) is 7.09. The minimum atomic E-state index is -0.353. The maximum absolute atomic E-state index is 12.9. The maximum atomic E-state index is 12.9. The average molecular weight is 380 g/mol. The molecule has 1 fully saturated rings. The van der Waals surface area contributed by atoms with Crippen molar-refractivity contribution in [2.75, 3.05) is 23.4 Å². The van der Waals surface area contributed by atoms with Gasteiger partial charge < -0.3 is 15.0 Å². The van der Waals surface area contributed by atoms with E-state index in [0.717, 1.165) is 41.1 Å². The SMILES string of the molecule is CCOc1ccc(N2C[C@@H](C(=O)Nc3c(CC)cccc3CC)CC2=O)cc1. The van der Waals surface area contributed by atoms with Gasteiger partial charge in [-0.05, 0) is 55.2 Å². The number of carbonyl (C=O) groups excluding carboxylic acids is 2. The molecule has 0 bridgehead atoms. The second-order valence-electron chi connectivity index (χ2n) is 6.98. The van der Waals surface area contributed by atoms with Crippen molar-refractivity contribution in [2.45, 2.75) is 40.0 Å². The van der Waals surface area contributed by atoms with Gasteiger partial charge in [-0.25, -0.2) is 0 Å². The van der Waals surface area contributed by atoms with Gasteiger partial charge in [0.25, 0.3) is 0 Å². The van der Waals surface area contributed by atoms with Gasteiger partial charge in [-0.1, -0.05) is 32.0 Å². The number of nitrogens with zero attached hydrogens (tertiary/aromatic N) is 1. The lowest BCUT2D eigenvalue weighted by molar-refractivity contribution is -0.122. The lowest BCUT2D eigenvalue weighted by Gasteiger charge is -2.18. The van der Waals surface area contributed by atoms with Crippen LogP contribution in [0.2, 0.25) is 0 Å². The van der Waals surface area contributed by atoms with Crippen molar-refractivity contribution in [3.63, 3.8) is 0 Å². The Morgan fingerprint density at radius 2 is 1.71 bits per heavy atom. The van der Waals surface area contributed by atoms with E-state index in [0.29, 0.717) is 13.2 Å². The van der Waals surface area contributed by atoms with E-state index < -0.39 is 0 Å². The normalized spacial score (nSPS) is 16.3. The van der Waals surface area contributed by atoms with Gasteiger partial charge in [0.2, 0.25) is 11.8 Å². The summed E-state index contributed by atoms with van der Waals surface area (Å²) in [7, 11) is 0. The average Bonchev–Trinajstić information content (AvgIpc) is 3.10. The third-order valence-electron chi connectivity index (χ3n) is 5.20. The highest BCUT2D eigenvalue weighted by Gasteiger charge is 2.35. The second kappa shape index (κ2) is 8.91. The first-order chi connectivity index (χ1) is 13.6. The molecule has 1 saturated heterocycles. The third-order valence-corrected chi connectivity index (χ3v) is 5.20. The topological polar surface area (TPSA) is 58.6 Å². The summed E-state index contributed by atoms with van der Waals surface area (Å²) in [6, 6.07) is 13.5. The molecule has 2 amide bonds. The highest BCUT2D eigenvalue weighted by atomic mass is 16.5. The number of hydrogen-bond donors (Lipinski definition) is 1. The minimum Gasteiger partial charge on any atom is -0.494 e. The minimum absolute atomic E-state index is 0.0243. The van der Waals surface area contributed by atoms with Gasteiger partial charge in [0.1, 0.15) is 5.75 Å². The third kappa shape index (κ3) is 4.19. The first-order valence-corrected chi connectivity index (χ1v) is 10.0. The highest BCUT2D eigenvalue weighted by Crippen LogP contribution is 2.29. The molecule has 0 radical (unpaired) electrons. The van der Waals surface area contributed by atoms with Crippen LogP contribution in [0.15, 0.2) is 42.5 Å². The number of benzene rings is 2. The Kier molecular flexibility index (Phi) is 6.34. The molecule has 5 nitrogen and oxygen atoms in total. The van der Waals surface area contributed by atoms with Crippen LogP contribution >= 0.6 is 0 Å². The summed E-state index contributed by atoms with van der Waals surface area (Å²) < 4.78 is 5.45. The second-order valence-corrected chi connectivity index (χ2v) is 6.98. The Bertz CT molecular complexity index is 823. The summed E-state index contributed by atoms with van der Waals surface area (Å²) in [5.41, 5.74) is 3.96. The maximum Gasteiger partial charge on any atom is 0.229 e. The number of carbonyl (C=O) groups is 2. The van der Waals surface area contributed by atoms with Crippen LogP contribution in [0, 0.1) is 5.92 Å². The zero-order valence-corrected chi connectivity index (χ0v) is 16.8. The van der Waals surface area contributed by atoms with Crippen molar-refractivity contribution in [1.29, 1.82) is 0 Å². The number of anilines is 2. The van der Waals surface area contributed by atoms with Crippen molar-refractivity contribution < 1.29 is 14.3 Å². The lowest BCUT2D eigenvalue weighted by Crippen LogP contribution is -2.28. The molecule has 0 spiro atoms. The lowest BCUT2D eigenvalue weighted by atomic mass is 10.0. The fraction of sp³-hybridized carbons (Fsp3) is 0.391. The zero-order chi connectivity index (χ0) is 20.1. The first-order valence-electron chi connectivity index (χ1n) is 10.0. The molecule has 148 valence electrons. The number of ether oxygens (including phenoxy) is 1. The highest BCUT2D eigenvalue weighted by molar-refractivity contribution is 6.04. The predicted molar refractivity (Wildman–Crippen MR) is 112 cm³/mol. The Morgan fingerprint density at radius 1 is 1.07 bits per heavy atom. The number of nitrogens with one attached hydrogen (secondary N) is 1. The van der Waals surface area contributed by atoms with Crippen molar-refractivity contribution in [1.82, 2.24) is 0 Å². The van der Waals surface area contributed by atoms with Crippen LogP contribution in [0.5, 0.6) is 5.75 Å². The molecule has 2 aromatic rings. The number of para-hydroxylation sites is 1. The van der Waals surface area contributed by atoms with E-state index in [1.54, 1.807) is 4.90 Å². The molecular weight excluding hydrogens is 352 g/mol. The van der Waals surface area contributed by atoms with Crippen LogP contribution in [0.3, 0.4) is 0 Å². The molecule has 2 aromatic carbocycles. The summed E-state index contributed by atoms with van der Waals surface area (Å²) in [4.78, 5) is 27.1. The fourth-order valence-electron chi connectivity index (χ4n) is 3.65. The molecule has 0 saturated carbocycles. The molecule has 3 rings (SSSR count). The molecule has 1 atom stereocenters. The monoisotopic (exact) mass is 380 g/mol. The number of rotatable bonds is 7. The van der Waals surface area contributed by atoms with E-state index in [1.165, 1.54) is 0 Å². The van der Waals surface area contributed by atoms with E-state index in [4.69, 9.17) is 4.74 Å². The largest absolute Gasteiger partial charge is 0.494 e. The Hall–Kier alpha value is -2.82.